The van der Waals surface area contributed by atoms with Crippen LogP contribution in [0.25, 0.3) is 0 Å². The van der Waals surface area contributed by atoms with E-state index in [1.165, 1.54) is 218 Å². The topological polar surface area (TPSA) is 95.9 Å². The molecule has 2 unspecified atom stereocenters. The number of unbranched alkanes of at least 4 members (excludes halogenated alkanes) is 38. The van der Waals surface area contributed by atoms with Crippen molar-refractivity contribution in [1.29, 1.82) is 0 Å². The quantitative estimate of drug-likeness (QED) is 0.0321. The molecule has 2 atom stereocenters. The molecule has 0 aliphatic carbocycles. The fourth-order valence-electron chi connectivity index (χ4n) is 8.68. The molecule has 0 aliphatic rings. The fraction of sp³-hybridized carbons (Fsp3) is 0.864. The van der Waals surface area contributed by atoms with Gasteiger partial charge in [-0.15, -0.1) is 0 Å². The van der Waals surface area contributed by atoms with Crippen LogP contribution in [0.15, 0.2) is 36.5 Å². The number of hydrogen-bond acceptors (Lipinski definition) is 5. The van der Waals surface area contributed by atoms with Crippen LogP contribution in [0.2, 0.25) is 0 Å². The van der Waals surface area contributed by atoms with Gasteiger partial charge in [-0.3, -0.25) is 9.59 Å². The van der Waals surface area contributed by atoms with Gasteiger partial charge in [-0.1, -0.05) is 243 Å². The van der Waals surface area contributed by atoms with Crippen LogP contribution in [0, 0.1) is 0 Å². The van der Waals surface area contributed by atoms with Crippen molar-refractivity contribution in [2.24, 2.45) is 0 Å². The van der Waals surface area contributed by atoms with Gasteiger partial charge in [0.1, 0.15) is 0 Å². The average molecular weight is 915 g/mol. The second kappa shape index (κ2) is 54.7. The second-order valence-corrected chi connectivity index (χ2v) is 19.6. The van der Waals surface area contributed by atoms with E-state index in [9.17, 15) is 19.8 Å². The molecule has 0 radical (unpaired) electrons. The Labute approximate surface area is 404 Å². The number of amides is 1. The largest absolute Gasteiger partial charge is 0.466 e. The fourth-order valence-corrected chi connectivity index (χ4v) is 8.68. The van der Waals surface area contributed by atoms with E-state index in [0.717, 1.165) is 57.8 Å². The average Bonchev–Trinajstić information content (AvgIpc) is 3.31. The number of hydrogen-bond donors (Lipinski definition) is 3. The molecule has 0 aromatic carbocycles. The van der Waals surface area contributed by atoms with Crippen molar-refractivity contribution in [3.8, 4) is 0 Å². The zero-order chi connectivity index (χ0) is 47.2. The lowest BCUT2D eigenvalue weighted by molar-refractivity contribution is -0.143. The van der Waals surface area contributed by atoms with E-state index in [1.54, 1.807) is 6.08 Å². The van der Waals surface area contributed by atoms with Crippen LogP contribution in [-0.2, 0) is 14.3 Å². The predicted molar refractivity (Wildman–Crippen MR) is 283 cm³/mol. The lowest BCUT2D eigenvalue weighted by Gasteiger charge is -2.20. The smallest absolute Gasteiger partial charge is 0.305 e. The molecule has 3 N–H and O–H groups in total. The Hall–Kier alpha value is -1.92. The highest BCUT2D eigenvalue weighted by atomic mass is 16.5. The molecule has 0 rings (SSSR count). The molecule has 0 fully saturated rings. The molecule has 65 heavy (non-hydrogen) atoms. The van der Waals surface area contributed by atoms with Crippen molar-refractivity contribution < 1.29 is 24.5 Å². The lowest BCUT2D eigenvalue weighted by atomic mass is 10.1. The number of allylic oxidation sites excluding steroid dienone is 5. The number of aliphatic hydroxyl groups excluding tert-OH is 2. The van der Waals surface area contributed by atoms with E-state index in [4.69, 9.17) is 4.74 Å². The Balaban J connectivity index is 3.43. The van der Waals surface area contributed by atoms with E-state index in [1.807, 2.05) is 6.08 Å². The maximum absolute atomic E-state index is 12.4. The highest BCUT2D eigenvalue weighted by molar-refractivity contribution is 5.76. The van der Waals surface area contributed by atoms with Crippen molar-refractivity contribution in [3.63, 3.8) is 0 Å². The minimum Gasteiger partial charge on any atom is -0.466 e. The summed E-state index contributed by atoms with van der Waals surface area (Å²) in [7, 11) is 0. The number of aliphatic hydroxyl groups is 2. The van der Waals surface area contributed by atoms with Crippen molar-refractivity contribution >= 4 is 11.9 Å². The normalized spacial score (nSPS) is 12.9. The van der Waals surface area contributed by atoms with Gasteiger partial charge in [-0.25, -0.2) is 0 Å². The first kappa shape index (κ1) is 63.1. The summed E-state index contributed by atoms with van der Waals surface area (Å²) in [6.45, 7) is 4.87. The molecule has 0 spiro atoms. The standard InChI is InChI=1S/C59H111NO5/c1-3-5-7-9-11-13-15-16-17-18-19-23-26-29-33-37-41-45-49-53-59(64)65-54-50-46-42-38-34-30-27-24-21-20-22-25-28-32-36-40-44-48-52-58(63)60-56(55-61)57(62)51-47-43-39-35-31-14-12-10-8-6-4-2/h16-17,22,25,47,51,56-57,61-62H,3-15,18-21,23-24,26-46,48-50,52-55H2,1-2H3,(H,60,63)/b17-16-,25-22-,51-47+. The molecule has 1 amide bonds. The molecule has 382 valence electrons. The predicted octanol–water partition coefficient (Wildman–Crippen LogP) is 17.6. The Morgan fingerprint density at radius 3 is 1.09 bits per heavy atom. The number of rotatable bonds is 53. The Morgan fingerprint density at radius 2 is 0.723 bits per heavy atom. The van der Waals surface area contributed by atoms with Crippen LogP contribution in [0.3, 0.4) is 0 Å². The van der Waals surface area contributed by atoms with E-state index in [0.29, 0.717) is 19.4 Å². The monoisotopic (exact) mass is 914 g/mol. The summed E-state index contributed by atoms with van der Waals surface area (Å²) in [5, 5.41) is 23.0. The molecular formula is C59H111NO5. The van der Waals surface area contributed by atoms with Crippen molar-refractivity contribution in [2.75, 3.05) is 13.2 Å². The zero-order valence-corrected chi connectivity index (χ0v) is 43.5. The van der Waals surface area contributed by atoms with E-state index >= 15 is 0 Å². The van der Waals surface area contributed by atoms with Gasteiger partial charge in [0.25, 0.3) is 0 Å². The maximum atomic E-state index is 12.4. The van der Waals surface area contributed by atoms with Gasteiger partial charge in [0.2, 0.25) is 5.91 Å². The minimum absolute atomic E-state index is 0.00128. The first-order valence-electron chi connectivity index (χ1n) is 28.8. The number of esters is 1. The summed E-state index contributed by atoms with van der Waals surface area (Å²) >= 11 is 0. The molecule has 0 saturated carbocycles. The Kier molecular flexibility index (Phi) is 53.1. The van der Waals surface area contributed by atoms with Gasteiger partial charge in [-0.05, 0) is 83.5 Å². The summed E-state index contributed by atoms with van der Waals surface area (Å²) in [6, 6.07) is -0.637. The summed E-state index contributed by atoms with van der Waals surface area (Å²) in [6.07, 6.45) is 67.4. The molecule has 0 aromatic rings. The molecular weight excluding hydrogens is 803 g/mol. The number of carbonyl (C=O) groups is 2. The summed E-state index contributed by atoms with van der Waals surface area (Å²) in [4.78, 5) is 24.5. The van der Waals surface area contributed by atoms with Gasteiger partial charge in [0.05, 0.1) is 25.4 Å². The van der Waals surface area contributed by atoms with Gasteiger partial charge < -0.3 is 20.3 Å². The third-order valence-corrected chi connectivity index (χ3v) is 13.1. The van der Waals surface area contributed by atoms with Gasteiger partial charge in [-0.2, -0.15) is 0 Å². The van der Waals surface area contributed by atoms with Crippen LogP contribution in [-0.4, -0.2) is 47.4 Å². The highest BCUT2D eigenvalue weighted by Gasteiger charge is 2.18. The SMILES string of the molecule is CCCCCCCC/C=C\CCCCCCCCCCCC(=O)OCCCCCCCCCCC/C=C\CCCCCCCC(=O)NC(CO)C(O)/C=C/CCCCCCCCCCC. The molecule has 0 saturated heterocycles. The van der Waals surface area contributed by atoms with E-state index in [-0.39, 0.29) is 18.5 Å². The van der Waals surface area contributed by atoms with Crippen LogP contribution in [0.5, 0.6) is 0 Å². The van der Waals surface area contributed by atoms with Crippen LogP contribution >= 0.6 is 0 Å². The van der Waals surface area contributed by atoms with E-state index in [2.05, 4.69) is 43.5 Å². The van der Waals surface area contributed by atoms with Gasteiger partial charge in [0, 0.05) is 12.8 Å². The summed E-state index contributed by atoms with van der Waals surface area (Å²) < 4.78 is 5.49. The first-order valence-corrected chi connectivity index (χ1v) is 28.8. The molecule has 0 heterocycles. The number of ether oxygens (including phenoxy) is 1. The highest BCUT2D eigenvalue weighted by Crippen LogP contribution is 2.16. The molecule has 6 heteroatoms. The molecule has 6 nitrogen and oxygen atoms in total. The first-order chi connectivity index (χ1) is 32.0. The number of nitrogens with one attached hydrogen (secondary N) is 1. The second-order valence-electron chi connectivity index (χ2n) is 19.6. The lowest BCUT2D eigenvalue weighted by Crippen LogP contribution is -2.45. The molecule has 0 aliphatic heterocycles. The Morgan fingerprint density at radius 1 is 0.415 bits per heavy atom. The minimum atomic E-state index is -0.852. The Bertz CT molecular complexity index is 1060. The molecule has 0 bridgehead atoms. The third kappa shape index (κ3) is 51.3. The number of carbonyl (C=O) groups excluding carboxylic acids is 2. The van der Waals surface area contributed by atoms with Gasteiger partial charge in [0.15, 0.2) is 0 Å². The van der Waals surface area contributed by atoms with Crippen LogP contribution < -0.4 is 5.32 Å². The maximum Gasteiger partial charge on any atom is 0.305 e. The van der Waals surface area contributed by atoms with Gasteiger partial charge >= 0.3 is 5.97 Å². The molecule has 0 aromatic heterocycles. The van der Waals surface area contributed by atoms with Crippen molar-refractivity contribution in [3.05, 3.63) is 36.5 Å². The van der Waals surface area contributed by atoms with E-state index < -0.39 is 12.1 Å². The summed E-state index contributed by atoms with van der Waals surface area (Å²) in [5.74, 6) is -0.0825. The van der Waals surface area contributed by atoms with Crippen molar-refractivity contribution in [1.82, 2.24) is 5.32 Å². The zero-order valence-electron chi connectivity index (χ0n) is 43.5. The van der Waals surface area contributed by atoms with Crippen LogP contribution in [0.1, 0.15) is 303 Å². The summed E-state index contributed by atoms with van der Waals surface area (Å²) in [5.41, 5.74) is 0. The third-order valence-electron chi connectivity index (χ3n) is 13.1. The van der Waals surface area contributed by atoms with Crippen LogP contribution in [0.4, 0.5) is 0 Å². The van der Waals surface area contributed by atoms with Crippen molar-refractivity contribution in [2.45, 2.75) is 315 Å².